The Bertz CT molecular complexity index is 389. The minimum absolute atomic E-state index is 0.313. The molecule has 0 spiro atoms. The quantitative estimate of drug-likeness (QED) is 0.874. The van der Waals surface area contributed by atoms with Crippen LogP contribution in [0.4, 0.5) is 0 Å². The smallest absolute Gasteiger partial charge is 0.246 e. The molecule has 1 aromatic heterocycles. The zero-order chi connectivity index (χ0) is 12.4. The largest absolute Gasteiger partial charge is 0.337 e. The molecule has 18 heavy (non-hydrogen) atoms. The molecule has 0 bridgehead atoms. The molecule has 2 saturated carbocycles. The third-order valence-electron chi connectivity index (χ3n) is 4.58. The Kier molecular flexibility index (Phi) is 3.37. The Morgan fingerprint density at radius 1 is 1.00 bits per heavy atom. The van der Waals surface area contributed by atoms with E-state index in [2.05, 4.69) is 10.1 Å². The summed E-state index contributed by atoms with van der Waals surface area (Å²) in [6.07, 6.45) is 12.2. The van der Waals surface area contributed by atoms with Gasteiger partial charge in [0.15, 0.2) is 5.82 Å². The molecule has 3 rings (SSSR count). The summed E-state index contributed by atoms with van der Waals surface area (Å²) in [5, 5.41) is 4.19. The summed E-state index contributed by atoms with van der Waals surface area (Å²) >= 11 is 0. The molecule has 0 saturated heterocycles. The number of rotatable bonds is 2. The average molecular weight is 249 g/mol. The van der Waals surface area contributed by atoms with Gasteiger partial charge >= 0.3 is 0 Å². The number of nitrogens with zero attached hydrogens (tertiary/aromatic N) is 2. The molecule has 1 heterocycles. The highest BCUT2D eigenvalue weighted by atomic mass is 16.5. The van der Waals surface area contributed by atoms with Crippen LogP contribution in [0.25, 0.3) is 0 Å². The number of hydrogen-bond acceptors (Lipinski definition) is 4. The van der Waals surface area contributed by atoms with Crippen LogP contribution < -0.4 is 5.73 Å². The maximum atomic E-state index is 6.23. The van der Waals surface area contributed by atoms with Crippen LogP contribution in [0, 0.1) is 0 Å². The van der Waals surface area contributed by atoms with Crippen LogP contribution >= 0.6 is 0 Å². The van der Waals surface area contributed by atoms with Crippen molar-refractivity contribution in [2.24, 2.45) is 5.73 Å². The molecule has 0 aromatic carbocycles. The molecule has 0 atom stereocenters. The third-order valence-corrected chi connectivity index (χ3v) is 4.58. The van der Waals surface area contributed by atoms with E-state index >= 15 is 0 Å². The first-order valence-corrected chi connectivity index (χ1v) is 7.41. The Hall–Kier alpha value is -0.900. The molecule has 4 nitrogen and oxygen atoms in total. The fraction of sp³-hybridized carbons (Fsp3) is 0.857. The Labute approximate surface area is 108 Å². The molecular formula is C14H23N3O. The van der Waals surface area contributed by atoms with Crippen molar-refractivity contribution in [1.82, 2.24) is 10.1 Å². The van der Waals surface area contributed by atoms with E-state index in [4.69, 9.17) is 10.3 Å². The lowest BCUT2D eigenvalue weighted by Crippen LogP contribution is -2.43. The van der Waals surface area contributed by atoms with E-state index in [0.717, 1.165) is 18.7 Å². The van der Waals surface area contributed by atoms with Gasteiger partial charge in [-0.15, -0.1) is 0 Å². The molecule has 0 unspecified atom stereocenters. The van der Waals surface area contributed by atoms with Crippen molar-refractivity contribution in [2.75, 3.05) is 0 Å². The highest BCUT2D eigenvalue weighted by Crippen LogP contribution is 2.38. The lowest BCUT2D eigenvalue weighted by atomic mass is 9.77. The summed E-state index contributed by atoms with van der Waals surface area (Å²) < 4.78 is 5.41. The van der Waals surface area contributed by atoms with E-state index in [9.17, 15) is 0 Å². The molecule has 0 amide bonds. The minimum atomic E-state index is -0.313. The second-order valence-corrected chi connectivity index (χ2v) is 6.01. The molecule has 2 aliphatic rings. The van der Waals surface area contributed by atoms with E-state index in [1.807, 2.05) is 0 Å². The molecule has 100 valence electrons. The first-order valence-electron chi connectivity index (χ1n) is 7.41. The molecular weight excluding hydrogens is 226 g/mol. The van der Waals surface area contributed by atoms with Gasteiger partial charge in [-0.1, -0.05) is 37.3 Å². The minimum Gasteiger partial charge on any atom is -0.337 e. The highest BCUT2D eigenvalue weighted by molar-refractivity contribution is 5.08. The summed E-state index contributed by atoms with van der Waals surface area (Å²) in [7, 11) is 0. The van der Waals surface area contributed by atoms with Crippen molar-refractivity contribution in [2.45, 2.75) is 75.7 Å². The van der Waals surface area contributed by atoms with Gasteiger partial charge in [0, 0.05) is 5.92 Å². The lowest BCUT2D eigenvalue weighted by molar-refractivity contribution is 0.181. The summed E-state index contributed by atoms with van der Waals surface area (Å²) in [6, 6.07) is 0. The molecule has 2 fully saturated rings. The number of aromatic nitrogens is 2. The molecule has 2 N–H and O–H groups in total. The van der Waals surface area contributed by atoms with Gasteiger partial charge in [-0.3, -0.25) is 0 Å². The van der Waals surface area contributed by atoms with Gasteiger partial charge in [0.1, 0.15) is 0 Å². The van der Waals surface area contributed by atoms with E-state index < -0.39 is 0 Å². The van der Waals surface area contributed by atoms with Crippen molar-refractivity contribution in [3.8, 4) is 0 Å². The fourth-order valence-electron chi connectivity index (χ4n) is 3.09. The van der Waals surface area contributed by atoms with Crippen LogP contribution in [0.1, 0.15) is 81.8 Å². The van der Waals surface area contributed by atoms with Crippen LogP contribution in [0.15, 0.2) is 4.52 Å². The molecule has 0 radical (unpaired) electrons. The normalized spacial score (nSPS) is 25.2. The van der Waals surface area contributed by atoms with Crippen molar-refractivity contribution in [3.05, 3.63) is 11.7 Å². The number of nitrogens with two attached hydrogens (primary N) is 1. The second-order valence-electron chi connectivity index (χ2n) is 6.01. The third kappa shape index (κ3) is 2.30. The van der Waals surface area contributed by atoms with Crippen molar-refractivity contribution >= 4 is 0 Å². The van der Waals surface area contributed by atoms with E-state index in [1.165, 1.54) is 51.4 Å². The maximum absolute atomic E-state index is 6.23. The summed E-state index contributed by atoms with van der Waals surface area (Å²) in [6.45, 7) is 0. The Balaban J connectivity index is 1.71. The summed E-state index contributed by atoms with van der Waals surface area (Å²) in [4.78, 5) is 4.60. The Morgan fingerprint density at radius 3 is 2.28 bits per heavy atom. The molecule has 1 aromatic rings. The average Bonchev–Trinajstić information content (AvgIpc) is 2.75. The zero-order valence-corrected chi connectivity index (χ0v) is 11.0. The van der Waals surface area contributed by atoms with Gasteiger partial charge in [0.25, 0.3) is 0 Å². The first-order chi connectivity index (χ1) is 8.78. The zero-order valence-electron chi connectivity index (χ0n) is 11.0. The monoisotopic (exact) mass is 249 g/mol. The first kappa shape index (κ1) is 12.2. The summed E-state index contributed by atoms with van der Waals surface area (Å²) in [5.74, 6) is 2.07. The fourth-order valence-corrected chi connectivity index (χ4v) is 3.09. The summed E-state index contributed by atoms with van der Waals surface area (Å²) in [5.41, 5.74) is 5.91. The van der Waals surface area contributed by atoms with Gasteiger partial charge in [0.05, 0.1) is 5.54 Å². The van der Waals surface area contributed by atoms with Crippen LogP contribution in [0.5, 0.6) is 0 Å². The van der Waals surface area contributed by atoms with Crippen LogP contribution in [0.2, 0.25) is 0 Å². The lowest BCUT2D eigenvalue weighted by Gasteiger charge is -2.33. The molecule has 2 aliphatic carbocycles. The van der Waals surface area contributed by atoms with Gasteiger partial charge in [-0.25, -0.2) is 0 Å². The molecule has 0 aliphatic heterocycles. The van der Waals surface area contributed by atoms with Gasteiger partial charge < -0.3 is 10.3 Å². The standard InChI is InChI=1S/C14H23N3O/c15-14(9-6-10-14)13-16-12(17-18-13)11-7-4-2-1-3-5-8-11/h11H,1-10,15H2. The van der Waals surface area contributed by atoms with Gasteiger partial charge in [0.2, 0.25) is 5.89 Å². The van der Waals surface area contributed by atoms with Gasteiger partial charge in [-0.05, 0) is 32.1 Å². The predicted molar refractivity (Wildman–Crippen MR) is 69.1 cm³/mol. The Morgan fingerprint density at radius 2 is 1.67 bits per heavy atom. The van der Waals surface area contributed by atoms with E-state index in [0.29, 0.717) is 11.8 Å². The van der Waals surface area contributed by atoms with E-state index in [1.54, 1.807) is 0 Å². The van der Waals surface area contributed by atoms with Crippen molar-refractivity contribution < 1.29 is 4.52 Å². The van der Waals surface area contributed by atoms with E-state index in [-0.39, 0.29) is 5.54 Å². The number of hydrogen-bond donors (Lipinski definition) is 1. The topological polar surface area (TPSA) is 64.9 Å². The predicted octanol–water partition coefficient (Wildman–Crippen LogP) is 3.24. The molecule has 4 heteroatoms. The van der Waals surface area contributed by atoms with Gasteiger partial charge in [-0.2, -0.15) is 4.98 Å². The highest BCUT2D eigenvalue weighted by Gasteiger charge is 2.40. The maximum Gasteiger partial charge on any atom is 0.246 e. The van der Waals surface area contributed by atoms with Crippen LogP contribution in [0.3, 0.4) is 0 Å². The second kappa shape index (κ2) is 5.00. The van der Waals surface area contributed by atoms with Crippen molar-refractivity contribution in [1.29, 1.82) is 0 Å². The van der Waals surface area contributed by atoms with Crippen molar-refractivity contribution in [3.63, 3.8) is 0 Å². The van der Waals surface area contributed by atoms with Crippen LogP contribution in [-0.2, 0) is 5.54 Å². The van der Waals surface area contributed by atoms with Crippen LogP contribution in [-0.4, -0.2) is 10.1 Å². The SMILES string of the molecule is NC1(c2nc(C3CCCCCCC3)no2)CCC1.